The van der Waals surface area contributed by atoms with Gasteiger partial charge in [-0.2, -0.15) is 0 Å². The maximum atomic E-state index is 7.36. The third kappa shape index (κ3) is 3.43. The second-order valence-electron chi connectivity index (χ2n) is 3.75. The quantitative estimate of drug-likeness (QED) is 0.719. The van der Waals surface area contributed by atoms with Gasteiger partial charge in [-0.1, -0.05) is 37.3 Å². The summed E-state index contributed by atoms with van der Waals surface area (Å²) in [4.78, 5) is 0. The standard InChI is InChI=1S/C13H19NO2/c1-3-13(10-14,15-2)11-16-9-12-7-5-4-6-8-12/h4-8,10,14H,3,9,11H2,1-2H3. The lowest BCUT2D eigenvalue weighted by atomic mass is 10.0. The van der Waals surface area contributed by atoms with Crippen molar-refractivity contribution >= 4 is 6.21 Å². The van der Waals surface area contributed by atoms with Gasteiger partial charge in [0.2, 0.25) is 0 Å². The molecule has 0 amide bonds. The van der Waals surface area contributed by atoms with Crippen molar-refractivity contribution < 1.29 is 9.47 Å². The molecule has 0 aliphatic carbocycles. The van der Waals surface area contributed by atoms with Gasteiger partial charge in [0, 0.05) is 13.3 Å². The van der Waals surface area contributed by atoms with Gasteiger partial charge in [0.05, 0.1) is 13.2 Å². The fourth-order valence-electron chi connectivity index (χ4n) is 1.42. The summed E-state index contributed by atoms with van der Waals surface area (Å²) in [6, 6.07) is 9.99. The number of hydrogen-bond acceptors (Lipinski definition) is 3. The smallest absolute Gasteiger partial charge is 0.125 e. The normalized spacial score (nSPS) is 14.4. The molecule has 0 aliphatic rings. The maximum Gasteiger partial charge on any atom is 0.125 e. The molecule has 1 unspecified atom stereocenters. The molecule has 88 valence electrons. The van der Waals surface area contributed by atoms with Crippen LogP contribution >= 0.6 is 0 Å². The highest BCUT2D eigenvalue weighted by atomic mass is 16.5. The first-order chi connectivity index (χ1) is 7.76. The average Bonchev–Trinajstić information content (AvgIpc) is 2.37. The maximum absolute atomic E-state index is 7.36. The monoisotopic (exact) mass is 221 g/mol. The summed E-state index contributed by atoms with van der Waals surface area (Å²) < 4.78 is 10.9. The first kappa shape index (κ1) is 12.9. The molecular weight excluding hydrogens is 202 g/mol. The fourth-order valence-corrected chi connectivity index (χ4v) is 1.42. The van der Waals surface area contributed by atoms with E-state index in [1.165, 1.54) is 6.21 Å². The van der Waals surface area contributed by atoms with Crippen molar-refractivity contribution in [2.75, 3.05) is 13.7 Å². The Bertz CT molecular complexity index is 307. The molecule has 1 N–H and O–H groups in total. The first-order valence-electron chi connectivity index (χ1n) is 5.45. The Kier molecular flexibility index (Phi) is 5.15. The lowest BCUT2D eigenvalue weighted by Crippen LogP contribution is -2.37. The topological polar surface area (TPSA) is 42.3 Å². The van der Waals surface area contributed by atoms with Gasteiger partial charge in [-0.05, 0) is 12.0 Å². The van der Waals surface area contributed by atoms with Gasteiger partial charge in [0.25, 0.3) is 0 Å². The van der Waals surface area contributed by atoms with E-state index in [4.69, 9.17) is 14.9 Å². The molecule has 0 spiro atoms. The van der Waals surface area contributed by atoms with Gasteiger partial charge >= 0.3 is 0 Å². The molecular formula is C13H19NO2. The molecule has 1 aromatic carbocycles. The Morgan fingerprint density at radius 2 is 2.00 bits per heavy atom. The van der Waals surface area contributed by atoms with Crippen LogP contribution in [0, 0.1) is 5.41 Å². The van der Waals surface area contributed by atoms with Crippen LogP contribution in [0.3, 0.4) is 0 Å². The zero-order chi connectivity index (χ0) is 11.9. The van der Waals surface area contributed by atoms with Crippen molar-refractivity contribution in [2.24, 2.45) is 0 Å². The van der Waals surface area contributed by atoms with Crippen LogP contribution in [0.5, 0.6) is 0 Å². The van der Waals surface area contributed by atoms with Crippen LogP contribution in [0.4, 0.5) is 0 Å². The highest BCUT2D eigenvalue weighted by molar-refractivity contribution is 5.65. The molecule has 0 aromatic heterocycles. The Labute approximate surface area is 96.9 Å². The van der Waals surface area contributed by atoms with Crippen LogP contribution in [0.1, 0.15) is 18.9 Å². The van der Waals surface area contributed by atoms with E-state index < -0.39 is 5.60 Å². The van der Waals surface area contributed by atoms with Crippen molar-refractivity contribution in [2.45, 2.75) is 25.6 Å². The van der Waals surface area contributed by atoms with E-state index in [0.29, 0.717) is 13.2 Å². The van der Waals surface area contributed by atoms with E-state index in [1.54, 1.807) is 7.11 Å². The summed E-state index contributed by atoms with van der Waals surface area (Å²) in [7, 11) is 1.61. The molecule has 0 saturated carbocycles. The van der Waals surface area contributed by atoms with Crippen molar-refractivity contribution in [3.05, 3.63) is 35.9 Å². The van der Waals surface area contributed by atoms with Crippen LogP contribution in [0.25, 0.3) is 0 Å². The van der Waals surface area contributed by atoms with Crippen LogP contribution in [0.2, 0.25) is 0 Å². The molecule has 0 radical (unpaired) electrons. The third-order valence-electron chi connectivity index (χ3n) is 2.73. The zero-order valence-corrected chi connectivity index (χ0v) is 9.90. The summed E-state index contributed by atoms with van der Waals surface area (Å²) in [6.07, 6.45) is 2.06. The Hall–Kier alpha value is -1.19. The minimum atomic E-state index is -0.575. The number of rotatable bonds is 7. The predicted molar refractivity (Wildman–Crippen MR) is 64.9 cm³/mol. The van der Waals surface area contributed by atoms with E-state index in [2.05, 4.69) is 0 Å². The molecule has 0 heterocycles. The molecule has 3 heteroatoms. The van der Waals surface area contributed by atoms with Crippen molar-refractivity contribution in [3.63, 3.8) is 0 Å². The molecule has 0 saturated heterocycles. The number of ether oxygens (including phenoxy) is 2. The molecule has 3 nitrogen and oxygen atoms in total. The molecule has 1 atom stereocenters. The van der Waals surface area contributed by atoms with Crippen molar-refractivity contribution in [1.29, 1.82) is 5.41 Å². The summed E-state index contributed by atoms with van der Waals surface area (Å²) in [6.45, 7) is 2.96. The minimum absolute atomic E-state index is 0.415. The fraction of sp³-hybridized carbons (Fsp3) is 0.462. The SMILES string of the molecule is CCC(C=N)(COCc1ccccc1)OC. The highest BCUT2D eigenvalue weighted by Crippen LogP contribution is 2.13. The second kappa shape index (κ2) is 6.40. The zero-order valence-electron chi connectivity index (χ0n) is 9.90. The number of benzene rings is 1. The lowest BCUT2D eigenvalue weighted by Gasteiger charge is -2.26. The molecule has 0 aliphatic heterocycles. The van der Waals surface area contributed by atoms with Gasteiger partial charge in [-0.15, -0.1) is 0 Å². The number of methoxy groups -OCH3 is 1. The summed E-state index contributed by atoms with van der Waals surface area (Å²) in [5.74, 6) is 0. The van der Waals surface area contributed by atoms with Crippen LogP contribution in [-0.4, -0.2) is 25.5 Å². The summed E-state index contributed by atoms with van der Waals surface area (Å²) in [5.41, 5.74) is 0.558. The lowest BCUT2D eigenvalue weighted by molar-refractivity contribution is -0.0343. The van der Waals surface area contributed by atoms with Crippen molar-refractivity contribution in [1.82, 2.24) is 0 Å². The number of hydrogen-bond donors (Lipinski definition) is 1. The van der Waals surface area contributed by atoms with Crippen molar-refractivity contribution in [3.8, 4) is 0 Å². The summed E-state index contributed by atoms with van der Waals surface area (Å²) in [5, 5.41) is 7.36. The predicted octanol–water partition coefficient (Wildman–Crippen LogP) is 2.65. The van der Waals surface area contributed by atoms with E-state index in [9.17, 15) is 0 Å². The molecule has 0 bridgehead atoms. The van der Waals surface area contributed by atoms with E-state index in [-0.39, 0.29) is 0 Å². The third-order valence-corrected chi connectivity index (χ3v) is 2.73. The van der Waals surface area contributed by atoms with Crippen LogP contribution in [-0.2, 0) is 16.1 Å². The van der Waals surface area contributed by atoms with E-state index in [1.807, 2.05) is 37.3 Å². The van der Waals surface area contributed by atoms with Gasteiger partial charge in [0.1, 0.15) is 5.60 Å². The van der Waals surface area contributed by atoms with Gasteiger partial charge in [0.15, 0.2) is 0 Å². The largest absolute Gasteiger partial charge is 0.373 e. The molecule has 1 aromatic rings. The Morgan fingerprint density at radius 3 is 2.50 bits per heavy atom. The van der Waals surface area contributed by atoms with Crippen LogP contribution < -0.4 is 0 Å². The van der Waals surface area contributed by atoms with Gasteiger partial charge in [-0.3, -0.25) is 0 Å². The highest BCUT2D eigenvalue weighted by Gasteiger charge is 2.25. The van der Waals surface area contributed by atoms with E-state index in [0.717, 1.165) is 12.0 Å². The van der Waals surface area contributed by atoms with Gasteiger partial charge < -0.3 is 14.9 Å². The first-order valence-corrected chi connectivity index (χ1v) is 5.45. The van der Waals surface area contributed by atoms with Crippen LogP contribution in [0.15, 0.2) is 30.3 Å². The molecule has 16 heavy (non-hydrogen) atoms. The number of nitrogens with one attached hydrogen (secondary N) is 1. The average molecular weight is 221 g/mol. The van der Waals surface area contributed by atoms with E-state index >= 15 is 0 Å². The Balaban J connectivity index is 2.42. The molecule has 0 fully saturated rings. The second-order valence-corrected chi connectivity index (χ2v) is 3.75. The summed E-state index contributed by atoms with van der Waals surface area (Å²) >= 11 is 0. The van der Waals surface area contributed by atoms with Gasteiger partial charge in [-0.25, -0.2) is 0 Å². The molecule has 1 rings (SSSR count). The Morgan fingerprint density at radius 1 is 1.31 bits per heavy atom. The minimum Gasteiger partial charge on any atom is -0.373 e.